The standard InChI is InChI=1S/C14H18N2O4/c1-3-14(2,13(18)19)16-12(17)9-5-4-6-10-11(9)20-8-7-15-10/h4-6,15H,3,7-8H2,1-2H3,(H,16,17)(H,18,19). The van der Waals surface area contributed by atoms with Crippen LogP contribution in [0.25, 0.3) is 0 Å². The lowest BCUT2D eigenvalue weighted by Crippen LogP contribution is -2.51. The first-order chi connectivity index (χ1) is 9.48. The van der Waals surface area contributed by atoms with E-state index in [-0.39, 0.29) is 0 Å². The molecule has 1 aliphatic rings. The molecule has 0 aromatic heterocycles. The quantitative estimate of drug-likeness (QED) is 0.776. The lowest BCUT2D eigenvalue weighted by atomic mass is 9.98. The van der Waals surface area contributed by atoms with Gasteiger partial charge in [-0.2, -0.15) is 0 Å². The SMILES string of the molecule is CCC(C)(NC(=O)c1cccc2c1OCCN2)C(=O)O. The van der Waals surface area contributed by atoms with Crippen molar-refractivity contribution >= 4 is 17.6 Å². The molecule has 0 saturated heterocycles. The van der Waals surface area contributed by atoms with Crippen LogP contribution in [0.1, 0.15) is 30.6 Å². The van der Waals surface area contributed by atoms with E-state index in [9.17, 15) is 14.7 Å². The number of ether oxygens (including phenoxy) is 1. The predicted molar refractivity (Wildman–Crippen MR) is 74.2 cm³/mol. The summed E-state index contributed by atoms with van der Waals surface area (Å²) in [4.78, 5) is 23.6. The summed E-state index contributed by atoms with van der Waals surface area (Å²) < 4.78 is 5.51. The monoisotopic (exact) mass is 278 g/mol. The highest BCUT2D eigenvalue weighted by atomic mass is 16.5. The molecule has 1 atom stereocenters. The van der Waals surface area contributed by atoms with Gasteiger partial charge in [0.25, 0.3) is 5.91 Å². The van der Waals surface area contributed by atoms with Gasteiger partial charge in [-0.15, -0.1) is 0 Å². The molecule has 0 spiro atoms. The number of aliphatic carboxylic acids is 1. The molecule has 0 bridgehead atoms. The highest BCUT2D eigenvalue weighted by molar-refractivity contribution is 6.01. The first kappa shape index (κ1) is 14.2. The molecule has 2 rings (SSSR count). The van der Waals surface area contributed by atoms with Crippen molar-refractivity contribution in [3.05, 3.63) is 23.8 Å². The Bertz CT molecular complexity index is 544. The Labute approximate surface area is 117 Å². The minimum absolute atomic E-state index is 0.294. The van der Waals surface area contributed by atoms with Crippen LogP contribution >= 0.6 is 0 Å². The normalized spacial score (nSPS) is 16.1. The summed E-state index contributed by atoms with van der Waals surface area (Å²) in [6.07, 6.45) is 0.294. The Balaban J connectivity index is 2.28. The average Bonchev–Trinajstić information content (AvgIpc) is 2.46. The van der Waals surface area contributed by atoms with Crippen molar-refractivity contribution in [1.29, 1.82) is 0 Å². The molecule has 1 aliphatic heterocycles. The Kier molecular flexibility index (Phi) is 3.83. The van der Waals surface area contributed by atoms with Crippen LogP contribution in [0.4, 0.5) is 5.69 Å². The minimum atomic E-state index is -1.29. The predicted octanol–water partition coefficient (Wildman–Crippen LogP) is 1.47. The van der Waals surface area contributed by atoms with Crippen molar-refractivity contribution in [2.75, 3.05) is 18.5 Å². The number of carboxylic acid groups (broad SMARTS) is 1. The van der Waals surface area contributed by atoms with E-state index in [1.807, 2.05) is 6.07 Å². The number of hydrogen-bond donors (Lipinski definition) is 3. The number of hydrogen-bond acceptors (Lipinski definition) is 4. The number of para-hydroxylation sites is 1. The van der Waals surface area contributed by atoms with Gasteiger partial charge in [0.2, 0.25) is 0 Å². The summed E-state index contributed by atoms with van der Waals surface area (Å²) >= 11 is 0. The third-order valence-corrected chi connectivity index (χ3v) is 3.49. The number of benzene rings is 1. The molecule has 1 aromatic carbocycles. The van der Waals surface area contributed by atoms with Crippen LogP contribution < -0.4 is 15.4 Å². The molecule has 0 aliphatic carbocycles. The largest absolute Gasteiger partial charge is 0.489 e. The van der Waals surface area contributed by atoms with E-state index in [1.165, 1.54) is 6.92 Å². The topological polar surface area (TPSA) is 87.7 Å². The van der Waals surface area contributed by atoms with Crippen LogP contribution in [0.15, 0.2) is 18.2 Å². The maximum absolute atomic E-state index is 12.3. The van der Waals surface area contributed by atoms with Crippen LogP contribution in [0.5, 0.6) is 5.75 Å². The zero-order chi connectivity index (χ0) is 14.8. The summed E-state index contributed by atoms with van der Waals surface area (Å²) in [7, 11) is 0. The van der Waals surface area contributed by atoms with Crippen LogP contribution in [-0.2, 0) is 4.79 Å². The van der Waals surface area contributed by atoms with Gasteiger partial charge in [-0.05, 0) is 25.5 Å². The second-order valence-electron chi connectivity index (χ2n) is 4.90. The van der Waals surface area contributed by atoms with Crippen molar-refractivity contribution in [1.82, 2.24) is 5.32 Å². The second-order valence-corrected chi connectivity index (χ2v) is 4.90. The van der Waals surface area contributed by atoms with Crippen LogP contribution in [0.2, 0.25) is 0 Å². The van der Waals surface area contributed by atoms with Crippen LogP contribution in [0, 0.1) is 0 Å². The van der Waals surface area contributed by atoms with Gasteiger partial charge in [0, 0.05) is 6.54 Å². The fourth-order valence-electron chi connectivity index (χ4n) is 1.96. The number of fused-ring (bicyclic) bond motifs is 1. The first-order valence-corrected chi connectivity index (χ1v) is 6.53. The Morgan fingerprint density at radius 1 is 1.50 bits per heavy atom. The molecule has 1 aromatic rings. The minimum Gasteiger partial charge on any atom is -0.489 e. The summed E-state index contributed by atoms with van der Waals surface area (Å²) in [6, 6.07) is 5.18. The molecular weight excluding hydrogens is 260 g/mol. The first-order valence-electron chi connectivity index (χ1n) is 6.53. The second kappa shape index (κ2) is 5.40. The van der Waals surface area contributed by atoms with E-state index in [0.29, 0.717) is 30.9 Å². The van der Waals surface area contributed by atoms with Crippen LogP contribution in [-0.4, -0.2) is 35.7 Å². The zero-order valence-corrected chi connectivity index (χ0v) is 11.5. The maximum atomic E-state index is 12.3. The van der Waals surface area contributed by atoms with Gasteiger partial charge in [0.15, 0.2) is 5.75 Å². The van der Waals surface area contributed by atoms with Crippen molar-refractivity contribution in [2.24, 2.45) is 0 Å². The van der Waals surface area contributed by atoms with Crippen LogP contribution in [0.3, 0.4) is 0 Å². The summed E-state index contributed by atoms with van der Waals surface area (Å²) in [5.74, 6) is -1.03. The molecule has 0 saturated carbocycles. The number of carbonyl (C=O) groups is 2. The molecule has 3 N–H and O–H groups in total. The van der Waals surface area contributed by atoms with Gasteiger partial charge >= 0.3 is 5.97 Å². The molecule has 1 unspecified atom stereocenters. The third-order valence-electron chi connectivity index (χ3n) is 3.49. The highest BCUT2D eigenvalue weighted by Crippen LogP contribution is 2.31. The molecule has 1 heterocycles. The van der Waals surface area contributed by atoms with E-state index in [0.717, 1.165) is 5.69 Å². The number of amides is 1. The lowest BCUT2D eigenvalue weighted by molar-refractivity contribution is -0.143. The summed E-state index contributed by atoms with van der Waals surface area (Å²) in [6.45, 7) is 4.36. The smallest absolute Gasteiger partial charge is 0.329 e. The van der Waals surface area contributed by atoms with E-state index >= 15 is 0 Å². The van der Waals surface area contributed by atoms with Gasteiger partial charge in [0.05, 0.1) is 11.3 Å². The van der Waals surface area contributed by atoms with Crippen molar-refractivity contribution < 1.29 is 19.4 Å². The number of anilines is 1. The number of carboxylic acids is 1. The summed E-state index contributed by atoms with van der Waals surface area (Å²) in [5.41, 5.74) is -0.199. The van der Waals surface area contributed by atoms with E-state index in [1.54, 1.807) is 19.1 Å². The fraction of sp³-hybridized carbons (Fsp3) is 0.429. The molecule has 0 radical (unpaired) electrons. The molecule has 6 nitrogen and oxygen atoms in total. The molecule has 108 valence electrons. The molecular formula is C14H18N2O4. The number of rotatable bonds is 4. The molecule has 20 heavy (non-hydrogen) atoms. The van der Waals surface area contributed by atoms with Crippen molar-refractivity contribution in [2.45, 2.75) is 25.8 Å². The Morgan fingerprint density at radius 3 is 2.90 bits per heavy atom. The highest BCUT2D eigenvalue weighted by Gasteiger charge is 2.34. The van der Waals surface area contributed by atoms with E-state index in [2.05, 4.69) is 10.6 Å². The Hall–Kier alpha value is -2.24. The lowest BCUT2D eigenvalue weighted by Gasteiger charge is -2.26. The van der Waals surface area contributed by atoms with Gasteiger partial charge < -0.3 is 20.5 Å². The Morgan fingerprint density at radius 2 is 2.25 bits per heavy atom. The number of nitrogens with one attached hydrogen (secondary N) is 2. The maximum Gasteiger partial charge on any atom is 0.329 e. The van der Waals surface area contributed by atoms with Gasteiger partial charge in [0.1, 0.15) is 12.1 Å². The summed E-state index contributed by atoms with van der Waals surface area (Å²) in [5, 5.41) is 14.9. The average molecular weight is 278 g/mol. The molecule has 0 fully saturated rings. The fourth-order valence-corrected chi connectivity index (χ4v) is 1.96. The van der Waals surface area contributed by atoms with Gasteiger partial charge in [-0.25, -0.2) is 4.79 Å². The number of carbonyl (C=O) groups excluding carboxylic acids is 1. The van der Waals surface area contributed by atoms with Gasteiger partial charge in [-0.3, -0.25) is 4.79 Å². The van der Waals surface area contributed by atoms with E-state index < -0.39 is 17.4 Å². The molecule has 6 heteroatoms. The van der Waals surface area contributed by atoms with Crippen molar-refractivity contribution in [3.63, 3.8) is 0 Å². The zero-order valence-electron chi connectivity index (χ0n) is 11.5. The van der Waals surface area contributed by atoms with Crippen molar-refractivity contribution in [3.8, 4) is 5.75 Å². The van der Waals surface area contributed by atoms with E-state index in [4.69, 9.17) is 4.74 Å². The molecule has 1 amide bonds. The van der Waals surface area contributed by atoms with Gasteiger partial charge in [-0.1, -0.05) is 13.0 Å². The third kappa shape index (κ3) is 2.54.